The van der Waals surface area contributed by atoms with E-state index in [0.29, 0.717) is 12.3 Å². The van der Waals surface area contributed by atoms with Crippen LogP contribution >= 0.6 is 0 Å². The van der Waals surface area contributed by atoms with Crippen molar-refractivity contribution in [1.29, 1.82) is 0 Å². The maximum atomic E-state index is 13.2. The Balaban J connectivity index is 1.36. The van der Waals surface area contributed by atoms with E-state index >= 15 is 0 Å². The molecule has 1 N–H and O–H groups in total. The lowest BCUT2D eigenvalue weighted by atomic mass is 9.87. The summed E-state index contributed by atoms with van der Waals surface area (Å²) in [7, 11) is 0. The van der Waals surface area contributed by atoms with E-state index in [-0.39, 0.29) is 29.9 Å². The second-order valence-electron chi connectivity index (χ2n) is 9.87. The van der Waals surface area contributed by atoms with Crippen LogP contribution in [0.25, 0.3) is 0 Å². The first kappa shape index (κ1) is 22.9. The summed E-state index contributed by atoms with van der Waals surface area (Å²) >= 11 is 0. The van der Waals surface area contributed by atoms with Crippen LogP contribution in [0, 0.1) is 12.8 Å². The Bertz CT molecular complexity index is 1040. The number of aryl methyl sites for hydroxylation is 1. The Kier molecular flexibility index (Phi) is 6.59. The van der Waals surface area contributed by atoms with Gasteiger partial charge in [-0.25, -0.2) is 0 Å². The first-order valence-electron chi connectivity index (χ1n) is 12.6. The zero-order chi connectivity index (χ0) is 23.7. The highest BCUT2D eigenvalue weighted by Gasteiger charge is 2.39. The number of nitrogens with one attached hydrogen (secondary N) is 1. The molecule has 6 nitrogen and oxygen atoms in total. The molecule has 1 saturated heterocycles. The minimum absolute atomic E-state index is 0.102. The van der Waals surface area contributed by atoms with Crippen LogP contribution in [0.3, 0.4) is 0 Å². The third kappa shape index (κ3) is 4.97. The van der Waals surface area contributed by atoms with Gasteiger partial charge >= 0.3 is 0 Å². The lowest BCUT2D eigenvalue weighted by Crippen LogP contribution is -2.41. The fourth-order valence-electron chi connectivity index (χ4n) is 5.00. The van der Waals surface area contributed by atoms with Gasteiger partial charge in [0.2, 0.25) is 5.91 Å². The van der Waals surface area contributed by atoms with Crippen LogP contribution < -0.4 is 10.1 Å². The number of fused-ring (bicyclic) bond motifs is 1. The fourth-order valence-corrected chi connectivity index (χ4v) is 5.00. The predicted octanol–water partition coefficient (Wildman–Crippen LogP) is 3.94. The quantitative estimate of drug-likeness (QED) is 0.677. The standard InChI is InChI=1S/C28H34N2O4/c1-18-5-7-21(8-6-18)26-25-16-23(34-19(2)27(31)29-17-24-4-3-15-33-24)12-11-20(25)13-14-30(26)28(32)22-9-10-22/h5-8,11-12,16,19,22,24,26H,3-4,9-10,13-15,17H2,1-2H3,(H,29,31)/t19-,24+,26-/m1/s1. The molecule has 0 aromatic heterocycles. The number of ether oxygens (including phenoxy) is 2. The molecule has 6 heteroatoms. The van der Waals surface area contributed by atoms with Crippen molar-refractivity contribution in [2.45, 2.75) is 64.2 Å². The average Bonchev–Trinajstić information content (AvgIpc) is 3.57. The summed E-state index contributed by atoms with van der Waals surface area (Å²) in [6, 6.07) is 14.4. The second-order valence-corrected chi connectivity index (χ2v) is 9.87. The summed E-state index contributed by atoms with van der Waals surface area (Å²) in [5.74, 6) is 0.927. The minimum Gasteiger partial charge on any atom is -0.481 e. The first-order chi connectivity index (χ1) is 16.5. The fraction of sp³-hybridized carbons (Fsp3) is 0.500. The molecule has 180 valence electrons. The third-order valence-corrected chi connectivity index (χ3v) is 7.16. The van der Waals surface area contributed by atoms with E-state index in [1.807, 2.05) is 17.0 Å². The van der Waals surface area contributed by atoms with Crippen molar-refractivity contribution in [3.8, 4) is 5.75 Å². The Labute approximate surface area is 201 Å². The van der Waals surface area contributed by atoms with Gasteiger partial charge < -0.3 is 19.7 Å². The van der Waals surface area contributed by atoms with Crippen molar-refractivity contribution in [2.75, 3.05) is 19.7 Å². The van der Waals surface area contributed by atoms with Gasteiger partial charge in [0.15, 0.2) is 6.10 Å². The Morgan fingerprint density at radius 2 is 1.94 bits per heavy atom. The Morgan fingerprint density at radius 3 is 2.65 bits per heavy atom. The molecule has 34 heavy (non-hydrogen) atoms. The highest BCUT2D eigenvalue weighted by molar-refractivity contribution is 5.82. The highest BCUT2D eigenvalue weighted by Crippen LogP contribution is 2.41. The lowest BCUT2D eigenvalue weighted by Gasteiger charge is -2.38. The van der Waals surface area contributed by atoms with Gasteiger partial charge in [-0.05, 0) is 74.8 Å². The summed E-state index contributed by atoms with van der Waals surface area (Å²) in [6.07, 6.45) is 4.32. The summed E-state index contributed by atoms with van der Waals surface area (Å²) in [5.41, 5.74) is 4.63. The van der Waals surface area contributed by atoms with Crippen LogP contribution in [0.15, 0.2) is 42.5 Å². The van der Waals surface area contributed by atoms with E-state index in [0.717, 1.165) is 56.4 Å². The average molecular weight is 463 g/mol. The Morgan fingerprint density at radius 1 is 1.15 bits per heavy atom. The van der Waals surface area contributed by atoms with E-state index in [4.69, 9.17) is 9.47 Å². The van der Waals surface area contributed by atoms with Crippen LogP contribution in [-0.4, -0.2) is 48.6 Å². The van der Waals surface area contributed by atoms with Gasteiger partial charge in [-0.3, -0.25) is 9.59 Å². The van der Waals surface area contributed by atoms with Gasteiger partial charge in [0, 0.05) is 25.6 Å². The molecule has 0 unspecified atom stereocenters. The predicted molar refractivity (Wildman–Crippen MR) is 130 cm³/mol. The summed E-state index contributed by atoms with van der Waals surface area (Å²) in [6.45, 7) is 5.85. The molecular formula is C28H34N2O4. The zero-order valence-electron chi connectivity index (χ0n) is 20.1. The van der Waals surface area contributed by atoms with Crippen LogP contribution in [0.5, 0.6) is 5.75 Å². The topological polar surface area (TPSA) is 67.9 Å². The number of hydrogen-bond acceptors (Lipinski definition) is 4. The first-order valence-corrected chi connectivity index (χ1v) is 12.6. The largest absolute Gasteiger partial charge is 0.481 e. The van der Waals surface area contributed by atoms with Crippen LogP contribution in [-0.2, 0) is 20.7 Å². The minimum atomic E-state index is -0.620. The molecule has 3 atom stereocenters. The number of carbonyl (C=O) groups excluding carboxylic acids is 2. The van der Waals surface area contributed by atoms with Gasteiger partial charge in [0.1, 0.15) is 5.75 Å². The maximum Gasteiger partial charge on any atom is 0.260 e. The van der Waals surface area contributed by atoms with Gasteiger partial charge in [-0.15, -0.1) is 0 Å². The molecule has 2 amide bonds. The molecular weight excluding hydrogens is 428 g/mol. The number of rotatable bonds is 7. The molecule has 0 radical (unpaired) electrons. The lowest BCUT2D eigenvalue weighted by molar-refractivity contribution is -0.134. The van der Waals surface area contributed by atoms with Crippen LogP contribution in [0.1, 0.15) is 60.9 Å². The van der Waals surface area contributed by atoms with Crippen LogP contribution in [0.4, 0.5) is 0 Å². The van der Waals surface area contributed by atoms with E-state index in [2.05, 4.69) is 42.6 Å². The molecule has 2 aromatic rings. The van der Waals surface area contributed by atoms with Crippen molar-refractivity contribution in [3.05, 3.63) is 64.7 Å². The van der Waals surface area contributed by atoms with Crippen molar-refractivity contribution >= 4 is 11.8 Å². The number of amides is 2. The SMILES string of the molecule is Cc1ccc([C@@H]2c3cc(O[C@H](C)C(=O)NC[C@@H]4CCCO4)ccc3CCN2C(=O)C2CC2)cc1. The zero-order valence-corrected chi connectivity index (χ0v) is 20.1. The monoisotopic (exact) mass is 462 g/mol. The number of hydrogen-bond donors (Lipinski definition) is 1. The maximum absolute atomic E-state index is 13.2. The molecule has 1 aliphatic carbocycles. The van der Waals surface area contributed by atoms with Gasteiger partial charge in [0.25, 0.3) is 5.91 Å². The normalized spacial score (nSPS) is 22.7. The van der Waals surface area contributed by atoms with Crippen LogP contribution in [0.2, 0.25) is 0 Å². The highest BCUT2D eigenvalue weighted by atomic mass is 16.5. The Hall–Kier alpha value is -2.86. The summed E-state index contributed by atoms with van der Waals surface area (Å²) in [4.78, 5) is 27.8. The second kappa shape index (κ2) is 9.79. The molecule has 2 aromatic carbocycles. The molecule has 0 spiro atoms. The number of carbonyl (C=O) groups is 2. The van der Waals surface area contributed by atoms with Crippen molar-refractivity contribution in [2.24, 2.45) is 5.92 Å². The van der Waals surface area contributed by atoms with Gasteiger partial charge in [-0.1, -0.05) is 35.9 Å². The molecule has 1 saturated carbocycles. The number of nitrogens with zero attached hydrogens (tertiary/aromatic N) is 1. The molecule has 2 heterocycles. The van der Waals surface area contributed by atoms with E-state index in [1.54, 1.807) is 6.92 Å². The summed E-state index contributed by atoms with van der Waals surface area (Å²) < 4.78 is 11.6. The molecule has 2 fully saturated rings. The van der Waals surface area contributed by atoms with Gasteiger partial charge in [0.05, 0.1) is 12.1 Å². The number of benzene rings is 2. The van der Waals surface area contributed by atoms with E-state index in [1.165, 1.54) is 11.1 Å². The molecule has 0 bridgehead atoms. The van der Waals surface area contributed by atoms with E-state index < -0.39 is 6.10 Å². The van der Waals surface area contributed by atoms with Gasteiger partial charge in [-0.2, -0.15) is 0 Å². The molecule has 3 aliphatic rings. The van der Waals surface area contributed by atoms with Crippen molar-refractivity contribution < 1.29 is 19.1 Å². The third-order valence-electron chi connectivity index (χ3n) is 7.16. The van der Waals surface area contributed by atoms with Crippen molar-refractivity contribution in [3.63, 3.8) is 0 Å². The molecule has 5 rings (SSSR count). The van der Waals surface area contributed by atoms with Crippen molar-refractivity contribution in [1.82, 2.24) is 10.2 Å². The summed E-state index contributed by atoms with van der Waals surface area (Å²) in [5, 5.41) is 2.95. The molecule has 2 aliphatic heterocycles. The van der Waals surface area contributed by atoms with E-state index in [9.17, 15) is 9.59 Å². The smallest absolute Gasteiger partial charge is 0.260 e.